The maximum Gasteiger partial charge on any atom is 0.402 e. The summed E-state index contributed by atoms with van der Waals surface area (Å²) in [7, 11) is 0.500. The number of ketones is 1. The van der Waals surface area contributed by atoms with Crippen LogP contribution in [0.2, 0.25) is 0 Å². The minimum absolute atomic E-state index is 0. The first-order valence-electron chi connectivity index (χ1n) is 8.02. The van der Waals surface area contributed by atoms with E-state index in [2.05, 4.69) is 27.7 Å². The SMILES string of the molecule is C.C.C.C.C.C.CC(C)(C(F)(F)F)C(F)(F)F.CC(C)=O.CCC.CCC.CCF.CF. The molecule has 0 radical (unpaired) electrons. The Kier molecular flexibility index (Phi) is 115. The molecule has 0 aliphatic carbocycles. The van der Waals surface area contributed by atoms with Crippen LogP contribution in [0.25, 0.3) is 0 Å². The molecule has 0 aromatic carbocycles. The van der Waals surface area contributed by atoms with Crippen molar-refractivity contribution in [3.05, 3.63) is 0 Å². The van der Waals surface area contributed by atoms with E-state index in [1.165, 1.54) is 33.6 Å². The molecule has 0 atom stereocenters. The monoisotopic (exact) mass is 504 g/mol. The number of hydrogen-bond donors (Lipinski definition) is 0. The van der Waals surface area contributed by atoms with Gasteiger partial charge >= 0.3 is 12.4 Å². The van der Waals surface area contributed by atoms with Crippen molar-refractivity contribution in [1.29, 1.82) is 0 Å². The summed E-state index contributed by atoms with van der Waals surface area (Å²) in [5.41, 5.74) is -3.62. The van der Waals surface area contributed by atoms with Crippen LogP contribution in [0.5, 0.6) is 0 Å². The van der Waals surface area contributed by atoms with Crippen LogP contribution in [0, 0.1) is 5.41 Å². The topological polar surface area (TPSA) is 17.1 Å². The molecule has 0 aromatic rings. The van der Waals surface area contributed by atoms with E-state index < -0.39 is 17.8 Å². The lowest BCUT2D eigenvalue weighted by Gasteiger charge is -2.29. The van der Waals surface area contributed by atoms with Gasteiger partial charge in [-0.2, -0.15) is 26.3 Å². The number of carbonyl (C=O) groups excluding carboxylic acids is 1. The Balaban J connectivity index is -0.0000000165. The van der Waals surface area contributed by atoms with Gasteiger partial charge in [0.2, 0.25) is 0 Å². The molecule has 0 heterocycles. The lowest BCUT2D eigenvalue weighted by molar-refractivity contribution is -0.327. The Bertz CT molecular complexity index is 237. The first-order valence-corrected chi connectivity index (χ1v) is 8.02. The highest BCUT2D eigenvalue weighted by molar-refractivity contribution is 5.72. The lowest BCUT2D eigenvalue weighted by Crippen LogP contribution is -2.44. The van der Waals surface area contributed by atoms with Crippen LogP contribution in [0.1, 0.15) is 120 Å². The Labute approximate surface area is 197 Å². The maximum absolute atomic E-state index is 11.6. The summed E-state index contributed by atoms with van der Waals surface area (Å²) in [6.07, 6.45) is -7.99. The van der Waals surface area contributed by atoms with E-state index in [0.717, 1.165) is 0 Å². The lowest BCUT2D eigenvalue weighted by atomic mass is 9.92. The second-order valence-electron chi connectivity index (χ2n) is 5.21. The molecular formula is C23H60F8O. The smallest absolute Gasteiger partial charge is 0.300 e. The average Bonchev–Trinajstić information content (AvgIpc) is 2.40. The highest BCUT2D eigenvalue weighted by atomic mass is 19.4. The van der Waals surface area contributed by atoms with Gasteiger partial charge in [-0.1, -0.05) is 85.1 Å². The Morgan fingerprint density at radius 3 is 0.656 bits per heavy atom. The zero-order valence-electron chi connectivity index (χ0n) is 17.6. The molecule has 0 saturated heterocycles. The number of Topliss-reactive ketones (excluding diaryl/α,β-unsaturated/α-hetero) is 1. The molecule has 0 spiro atoms. The zero-order chi connectivity index (χ0) is 23.2. The fourth-order valence-corrected chi connectivity index (χ4v) is 0.161. The summed E-state index contributed by atoms with van der Waals surface area (Å²) in [6.45, 7) is 13.0. The molecule has 214 valence electrons. The van der Waals surface area contributed by atoms with Crippen molar-refractivity contribution in [2.45, 2.75) is 132 Å². The normalized spacial score (nSPS) is 7.94. The predicted octanol–water partition coefficient (Wildman–Crippen LogP) is 11.9. The second kappa shape index (κ2) is 47.8. The van der Waals surface area contributed by atoms with E-state index in [9.17, 15) is 39.9 Å². The summed E-state index contributed by atoms with van der Waals surface area (Å²) >= 11 is 0. The van der Waals surface area contributed by atoms with Crippen molar-refractivity contribution in [1.82, 2.24) is 0 Å². The van der Waals surface area contributed by atoms with Gasteiger partial charge in [0.15, 0.2) is 5.41 Å². The van der Waals surface area contributed by atoms with Gasteiger partial charge in [0, 0.05) is 0 Å². The number of hydrogen-bond acceptors (Lipinski definition) is 1. The van der Waals surface area contributed by atoms with Crippen LogP contribution in [0.4, 0.5) is 35.1 Å². The van der Waals surface area contributed by atoms with Crippen LogP contribution in [-0.4, -0.2) is 32.0 Å². The van der Waals surface area contributed by atoms with E-state index >= 15 is 0 Å². The van der Waals surface area contributed by atoms with Crippen LogP contribution in [0.3, 0.4) is 0 Å². The van der Waals surface area contributed by atoms with Crippen molar-refractivity contribution in [2.24, 2.45) is 5.41 Å². The van der Waals surface area contributed by atoms with Crippen LogP contribution in [-0.2, 0) is 4.79 Å². The summed E-state index contributed by atoms with van der Waals surface area (Å²) < 4.78 is 89.4. The Morgan fingerprint density at radius 2 is 0.656 bits per heavy atom. The van der Waals surface area contributed by atoms with Crippen molar-refractivity contribution in [3.63, 3.8) is 0 Å². The third-order valence-electron chi connectivity index (χ3n) is 1.42. The van der Waals surface area contributed by atoms with Crippen molar-refractivity contribution in [2.75, 3.05) is 13.9 Å². The highest BCUT2D eigenvalue weighted by Gasteiger charge is 2.64. The van der Waals surface area contributed by atoms with Gasteiger partial charge in [-0.25, -0.2) is 0 Å². The standard InChI is InChI=1S/C5H6F6.C3H6O.2C3H8.C2H5F.CH3F.6CH4/c1-3(2,4(6,7)8)5(9,10)11;1-3(2)4;2*1-3-2;1-2-3;1-2;;;;;;/h1-2H3;1-2H3;2*3H2,1-2H3;2H2,1H3;1H3;6*1H4. The first-order chi connectivity index (χ1) is 11.5. The zero-order valence-corrected chi connectivity index (χ0v) is 17.6. The predicted molar refractivity (Wildman–Crippen MR) is 133 cm³/mol. The largest absolute Gasteiger partial charge is 0.402 e. The third kappa shape index (κ3) is 78.6. The molecule has 0 amide bonds. The molecule has 0 saturated carbocycles. The summed E-state index contributed by atoms with van der Waals surface area (Å²) in [5, 5.41) is 0. The van der Waals surface area contributed by atoms with Crippen molar-refractivity contribution >= 4 is 5.78 Å². The highest BCUT2D eigenvalue weighted by Crippen LogP contribution is 2.49. The molecule has 1 nitrogen and oxygen atoms in total. The van der Waals surface area contributed by atoms with Gasteiger partial charge < -0.3 is 4.79 Å². The molecule has 0 rings (SSSR count). The summed E-state index contributed by atoms with van der Waals surface area (Å²) in [6, 6.07) is 0. The number of carbonyl (C=O) groups is 1. The van der Waals surface area contributed by atoms with Gasteiger partial charge in [-0.3, -0.25) is 8.78 Å². The summed E-state index contributed by atoms with van der Waals surface area (Å²) in [5.74, 6) is 0.167. The molecule has 0 aliphatic heterocycles. The van der Waals surface area contributed by atoms with E-state index in [1.54, 1.807) is 0 Å². The number of rotatable bonds is 0. The first kappa shape index (κ1) is 77.2. The molecule has 32 heavy (non-hydrogen) atoms. The minimum atomic E-state index is -5.24. The number of alkyl halides is 8. The van der Waals surface area contributed by atoms with Gasteiger partial charge in [0.25, 0.3) is 0 Å². The molecule has 0 bridgehead atoms. The van der Waals surface area contributed by atoms with Crippen molar-refractivity contribution < 1.29 is 39.9 Å². The van der Waals surface area contributed by atoms with E-state index in [0.29, 0.717) is 7.18 Å². The quantitative estimate of drug-likeness (QED) is 0.300. The van der Waals surface area contributed by atoms with E-state index in [-0.39, 0.29) is 70.9 Å². The van der Waals surface area contributed by atoms with Gasteiger partial charge in [-0.05, 0) is 34.6 Å². The fourth-order valence-electron chi connectivity index (χ4n) is 0.161. The molecule has 9 heteroatoms. The molecule has 0 unspecified atom stereocenters. The van der Waals surface area contributed by atoms with Crippen LogP contribution < -0.4 is 0 Å². The molecule has 0 aliphatic rings. The second-order valence-corrected chi connectivity index (χ2v) is 5.21. The fraction of sp³-hybridized carbons (Fsp3) is 0.957. The van der Waals surface area contributed by atoms with Crippen molar-refractivity contribution in [3.8, 4) is 0 Å². The molecule has 0 aromatic heterocycles. The molecule has 0 fully saturated rings. The van der Waals surface area contributed by atoms with Gasteiger partial charge in [0.1, 0.15) is 5.78 Å². The van der Waals surface area contributed by atoms with E-state index in [4.69, 9.17) is 0 Å². The third-order valence-corrected chi connectivity index (χ3v) is 1.42. The average molecular weight is 505 g/mol. The van der Waals surface area contributed by atoms with Crippen LogP contribution >= 0.6 is 0 Å². The minimum Gasteiger partial charge on any atom is -0.300 e. The number of halogens is 8. The van der Waals surface area contributed by atoms with Gasteiger partial charge in [0.05, 0.1) is 13.9 Å². The van der Waals surface area contributed by atoms with Gasteiger partial charge in [-0.15, -0.1) is 0 Å². The molecular weight excluding hydrogens is 444 g/mol. The maximum atomic E-state index is 11.6. The van der Waals surface area contributed by atoms with Crippen LogP contribution in [0.15, 0.2) is 0 Å². The van der Waals surface area contributed by atoms with E-state index in [1.807, 2.05) is 0 Å². The summed E-state index contributed by atoms with van der Waals surface area (Å²) in [4.78, 5) is 9.44. The Hall–Kier alpha value is -0.890. The molecule has 0 N–H and O–H groups in total. The Morgan fingerprint density at radius 1 is 0.594 bits per heavy atom.